The van der Waals surface area contributed by atoms with Gasteiger partial charge in [0, 0.05) is 19.0 Å². The fourth-order valence-electron chi connectivity index (χ4n) is 2.00. The first kappa shape index (κ1) is 18.5. The van der Waals surface area contributed by atoms with E-state index in [2.05, 4.69) is 15.3 Å². The van der Waals surface area contributed by atoms with Gasteiger partial charge in [0.25, 0.3) is 0 Å². The summed E-state index contributed by atoms with van der Waals surface area (Å²) in [5.74, 6) is 0.722. The Kier molecular flexibility index (Phi) is 5.67. The van der Waals surface area contributed by atoms with Gasteiger partial charge in [-0.25, -0.2) is 14.8 Å². The first-order valence-electron chi connectivity index (χ1n) is 7.46. The zero-order valence-corrected chi connectivity index (χ0v) is 15.6. The van der Waals surface area contributed by atoms with Gasteiger partial charge in [-0.15, -0.1) is 0 Å². The van der Waals surface area contributed by atoms with Crippen molar-refractivity contribution in [3.05, 3.63) is 52.0 Å². The van der Waals surface area contributed by atoms with Gasteiger partial charge in [0.15, 0.2) is 0 Å². The maximum atomic E-state index is 12.3. The zero-order valence-electron chi connectivity index (χ0n) is 14.1. The molecule has 0 unspecified atom stereocenters. The van der Waals surface area contributed by atoms with Crippen LogP contribution in [0, 0.1) is 0 Å². The Morgan fingerprint density at radius 3 is 2.42 bits per heavy atom. The predicted octanol–water partition coefficient (Wildman–Crippen LogP) is 4.74. The molecule has 0 spiro atoms. The maximum Gasteiger partial charge on any atom is 0.321 e. The summed E-state index contributed by atoms with van der Waals surface area (Å²) in [5, 5.41) is 3.68. The summed E-state index contributed by atoms with van der Waals surface area (Å²) in [6, 6.07) is 5.06. The normalized spacial score (nSPS) is 11.2. The smallest absolute Gasteiger partial charge is 0.321 e. The molecule has 0 atom stereocenters. The van der Waals surface area contributed by atoms with Crippen LogP contribution >= 0.6 is 23.2 Å². The van der Waals surface area contributed by atoms with Crippen molar-refractivity contribution < 1.29 is 4.79 Å². The zero-order chi connectivity index (χ0) is 17.9. The van der Waals surface area contributed by atoms with Crippen LogP contribution in [-0.2, 0) is 12.0 Å². The fourth-order valence-corrected chi connectivity index (χ4v) is 2.38. The summed E-state index contributed by atoms with van der Waals surface area (Å²) in [6.07, 6.45) is 3.21. The molecule has 0 saturated heterocycles. The lowest BCUT2D eigenvalue weighted by Gasteiger charge is -2.20. The first-order valence-corrected chi connectivity index (χ1v) is 8.21. The number of benzene rings is 1. The molecule has 0 aliphatic heterocycles. The van der Waals surface area contributed by atoms with Crippen LogP contribution in [0.2, 0.25) is 10.0 Å². The van der Waals surface area contributed by atoms with Gasteiger partial charge < -0.3 is 10.2 Å². The Bertz CT molecular complexity index is 726. The predicted molar refractivity (Wildman–Crippen MR) is 97.7 cm³/mol. The molecule has 0 aliphatic rings. The molecule has 1 aromatic heterocycles. The summed E-state index contributed by atoms with van der Waals surface area (Å²) < 4.78 is 0. The van der Waals surface area contributed by atoms with Crippen molar-refractivity contribution in [2.75, 3.05) is 12.4 Å². The number of amides is 2. The molecule has 0 saturated carbocycles. The second-order valence-electron chi connectivity index (χ2n) is 6.54. The molecular weight excluding hydrogens is 347 g/mol. The van der Waals surface area contributed by atoms with E-state index in [0.29, 0.717) is 22.3 Å². The van der Waals surface area contributed by atoms with Crippen molar-refractivity contribution in [1.29, 1.82) is 0 Å². The highest BCUT2D eigenvalue weighted by molar-refractivity contribution is 6.42. The van der Waals surface area contributed by atoms with Gasteiger partial charge in [-0.1, -0.05) is 56.1 Å². The minimum atomic E-state index is -0.279. The number of halogens is 2. The van der Waals surface area contributed by atoms with Crippen LogP contribution in [0.5, 0.6) is 0 Å². The summed E-state index contributed by atoms with van der Waals surface area (Å²) in [4.78, 5) is 22.4. The highest BCUT2D eigenvalue weighted by Crippen LogP contribution is 2.26. The molecule has 0 bridgehead atoms. The third kappa shape index (κ3) is 4.58. The third-order valence-electron chi connectivity index (χ3n) is 3.36. The van der Waals surface area contributed by atoms with Crippen molar-refractivity contribution in [3.63, 3.8) is 0 Å². The Labute approximate surface area is 152 Å². The van der Waals surface area contributed by atoms with Crippen molar-refractivity contribution in [2.24, 2.45) is 0 Å². The van der Waals surface area contributed by atoms with E-state index in [4.69, 9.17) is 23.2 Å². The van der Waals surface area contributed by atoms with E-state index < -0.39 is 0 Å². The lowest BCUT2D eigenvalue weighted by Crippen LogP contribution is -2.31. The van der Waals surface area contributed by atoms with Crippen molar-refractivity contribution in [1.82, 2.24) is 14.9 Å². The number of carbonyl (C=O) groups is 1. The van der Waals surface area contributed by atoms with Crippen molar-refractivity contribution in [3.8, 4) is 0 Å². The third-order valence-corrected chi connectivity index (χ3v) is 4.22. The lowest BCUT2D eigenvalue weighted by molar-refractivity contribution is 0.220. The SMILES string of the molecule is CN(Cc1cccc(Cl)c1Cl)C(=O)Nc1cnc(C(C)(C)C)nc1. The summed E-state index contributed by atoms with van der Waals surface area (Å²) in [5.41, 5.74) is 1.18. The van der Waals surface area contributed by atoms with E-state index in [1.165, 1.54) is 4.90 Å². The number of carbonyl (C=O) groups excluding carboxylic acids is 1. The van der Waals surface area contributed by atoms with Crippen LogP contribution in [0.25, 0.3) is 0 Å². The quantitative estimate of drug-likeness (QED) is 0.852. The number of urea groups is 1. The molecule has 0 aliphatic carbocycles. The summed E-state index contributed by atoms with van der Waals surface area (Å²) in [7, 11) is 1.68. The number of nitrogens with one attached hydrogen (secondary N) is 1. The second-order valence-corrected chi connectivity index (χ2v) is 7.33. The van der Waals surface area contributed by atoms with E-state index in [0.717, 1.165) is 11.4 Å². The van der Waals surface area contributed by atoms with Crippen LogP contribution in [0.1, 0.15) is 32.2 Å². The monoisotopic (exact) mass is 366 g/mol. The Balaban J connectivity index is 2.02. The maximum absolute atomic E-state index is 12.3. The van der Waals surface area contributed by atoms with E-state index in [-0.39, 0.29) is 11.4 Å². The fraction of sp³-hybridized carbons (Fsp3) is 0.353. The Morgan fingerprint density at radius 2 is 1.83 bits per heavy atom. The molecule has 2 rings (SSSR count). The molecule has 24 heavy (non-hydrogen) atoms. The average Bonchev–Trinajstić information content (AvgIpc) is 2.51. The number of anilines is 1. The molecule has 1 heterocycles. The van der Waals surface area contributed by atoms with E-state index in [1.54, 1.807) is 31.6 Å². The first-order chi connectivity index (χ1) is 11.2. The summed E-state index contributed by atoms with van der Waals surface area (Å²) in [6.45, 7) is 6.43. The Hall–Kier alpha value is -1.85. The van der Waals surface area contributed by atoms with Crippen LogP contribution in [-0.4, -0.2) is 27.9 Å². The molecule has 128 valence electrons. The topological polar surface area (TPSA) is 58.1 Å². The summed E-state index contributed by atoms with van der Waals surface area (Å²) >= 11 is 12.1. The number of hydrogen-bond acceptors (Lipinski definition) is 3. The average molecular weight is 367 g/mol. The van der Waals surface area contributed by atoms with E-state index in [1.807, 2.05) is 26.8 Å². The van der Waals surface area contributed by atoms with Gasteiger partial charge in [-0.05, 0) is 11.6 Å². The highest BCUT2D eigenvalue weighted by atomic mass is 35.5. The van der Waals surface area contributed by atoms with Crippen LogP contribution in [0.4, 0.5) is 10.5 Å². The lowest BCUT2D eigenvalue weighted by atomic mass is 9.96. The molecule has 7 heteroatoms. The highest BCUT2D eigenvalue weighted by Gasteiger charge is 2.17. The number of nitrogens with zero attached hydrogens (tertiary/aromatic N) is 3. The largest absolute Gasteiger partial charge is 0.323 e. The molecule has 0 radical (unpaired) electrons. The van der Waals surface area contributed by atoms with Crippen LogP contribution < -0.4 is 5.32 Å². The van der Waals surface area contributed by atoms with E-state index >= 15 is 0 Å². The van der Waals surface area contributed by atoms with Crippen LogP contribution in [0.15, 0.2) is 30.6 Å². The molecule has 5 nitrogen and oxygen atoms in total. The van der Waals surface area contributed by atoms with Crippen LogP contribution in [0.3, 0.4) is 0 Å². The molecule has 1 aromatic carbocycles. The van der Waals surface area contributed by atoms with Gasteiger partial charge in [0.1, 0.15) is 5.82 Å². The minimum Gasteiger partial charge on any atom is -0.323 e. The van der Waals surface area contributed by atoms with Gasteiger partial charge >= 0.3 is 6.03 Å². The van der Waals surface area contributed by atoms with Gasteiger partial charge in [0.2, 0.25) is 0 Å². The molecule has 0 fully saturated rings. The molecule has 1 N–H and O–H groups in total. The number of rotatable bonds is 3. The molecule has 2 aromatic rings. The van der Waals surface area contributed by atoms with Gasteiger partial charge in [-0.3, -0.25) is 0 Å². The van der Waals surface area contributed by atoms with Crippen molar-refractivity contribution in [2.45, 2.75) is 32.7 Å². The van der Waals surface area contributed by atoms with Crippen molar-refractivity contribution >= 4 is 34.9 Å². The molecule has 2 amide bonds. The van der Waals surface area contributed by atoms with E-state index in [9.17, 15) is 4.79 Å². The van der Waals surface area contributed by atoms with Gasteiger partial charge in [-0.2, -0.15) is 0 Å². The number of aromatic nitrogens is 2. The van der Waals surface area contributed by atoms with Gasteiger partial charge in [0.05, 0.1) is 28.1 Å². The Morgan fingerprint density at radius 1 is 1.21 bits per heavy atom. The second kappa shape index (κ2) is 7.36. The minimum absolute atomic E-state index is 0.136. The number of hydrogen-bond donors (Lipinski definition) is 1. The molecular formula is C17H20Cl2N4O. The standard InChI is InChI=1S/C17H20Cl2N4O/c1-17(2,3)15-20-8-12(9-21-15)22-16(24)23(4)10-11-6-5-7-13(18)14(11)19/h5-9H,10H2,1-4H3,(H,22,24).